The van der Waals surface area contributed by atoms with Crippen molar-refractivity contribution in [3.8, 4) is 0 Å². The SMILES string of the molecule is COC(=O)c1ccccc1CCC(=O)c1cccc(/C=C/c2ccc3ccc(Cl)cc3n2)c1.COC(=O)c1ccccc1CC[C@H](O)c1cccc(/C=C/c2ccc3ccc(Cl)cc3n2)c1. The van der Waals surface area contributed by atoms with E-state index in [2.05, 4.69) is 9.97 Å². The zero-order valence-corrected chi connectivity index (χ0v) is 37.9. The van der Waals surface area contributed by atoms with E-state index in [0.29, 0.717) is 52.4 Å². The highest BCUT2D eigenvalue weighted by Crippen LogP contribution is 2.25. The summed E-state index contributed by atoms with van der Waals surface area (Å²) in [4.78, 5) is 46.0. The maximum atomic E-state index is 12.8. The number of Topliss-reactive ketones (excluding diaryl/α,β-unsaturated/α-hetero) is 1. The molecule has 8 rings (SSSR count). The van der Waals surface area contributed by atoms with Crippen LogP contribution in [0.1, 0.15) is 89.2 Å². The van der Waals surface area contributed by atoms with E-state index in [9.17, 15) is 19.5 Å². The number of aliphatic hydroxyl groups is 1. The van der Waals surface area contributed by atoms with Gasteiger partial charge in [0.05, 0.1) is 53.9 Å². The molecule has 66 heavy (non-hydrogen) atoms. The van der Waals surface area contributed by atoms with E-state index in [4.69, 9.17) is 32.7 Å². The van der Waals surface area contributed by atoms with Crippen molar-refractivity contribution in [2.45, 2.75) is 31.8 Å². The Balaban J connectivity index is 0.000000196. The maximum absolute atomic E-state index is 12.8. The average molecular weight is 914 g/mol. The van der Waals surface area contributed by atoms with E-state index < -0.39 is 12.1 Å². The fourth-order valence-corrected chi connectivity index (χ4v) is 7.73. The largest absolute Gasteiger partial charge is 0.465 e. The van der Waals surface area contributed by atoms with Gasteiger partial charge in [0.2, 0.25) is 0 Å². The molecule has 0 unspecified atom stereocenters. The number of fused-ring (bicyclic) bond motifs is 2. The molecule has 0 aliphatic heterocycles. The second-order valence-corrected chi connectivity index (χ2v) is 16.3. The van der Waals surface area contributed by atoms with Crippen molar-refractivity contribution in [2.75, 3.05) is 14.2 Å². The van der Waals surface area contributed by atoms with E-state index in [1.165, 1.54) is 14.2 Å². The molecule has 0 fully saturated rings. The van der Waals surface area contributed by atoms with Gasteiger partial charge in [-0.25, -0.2) is 19.6 Å². The minimum atomic E-state index is -0.648. The summed E-state index contributed by atoms with van der Waals surface area (Å²) < 4.78 is 9.69. The summed E-state index contributed by atoms with van der Waals surface area (Å²) in [5, 5.41) is 14.1. The molecule has 8 nitrogen and oxygen atoms in total. The van der Waals surface area contributed by atoms with Gasteiger partial charge in [0.25, 0.3) is 0 Å². The quantitative estimate of drug-likeness (QED) is 0.0847. The lowest BCUT2D eigenvalue weighted by molar-refractivity contribution is 0.0590. The molecule has 8 aromatic rings. The normalized spacial score (nSPS) is 11.7. The molecule has 1 atom stereocenters. The Morgan fingerprint density at radius 2 is 1.06 bits per heavy atom. The van der Waals surface area contributed by atoms with Crippen LogP contribution in [0.4, 0.5) is 0 Å². The lowest BCUT2D eigenvalue weighted by Crippen LogP contribution is -2.08. The standard InChI is InChI=1S/C28H24ClNO3.C28H22ClNO3/c2*1-33-28(32)25-8-3-2-6-20(25)12-16-27(31)22-7-4-5-19(17-22)9-14-24-15-11-21-10-13-23(29)18-26(21)30-24/h2-11,13-15,17-18,27,31H,12,16H2,1H3;2-11,13-15,17-18H,12,16H2,1H3/b2*14-9+/t27-;/m0./s1. The summed E-state index contributed by atoms with van der Waals surface area (Å²) in [7, 11) is 2.72. The summed E-state index contributed by atoms with van der Waals surface area (Å²) in [6, 6.07) is 49.0. The number of ketones is 1. The molecule has 10 heteroatoms. The van der Waals surface area contributed by atoms with Crippen LogP contribution in [-0.2, 0) is 22.3 Å². The van der Waals surface area contributed by atoms with Crippen LogP contribution in [0.15, 0.2) is 158 Å². The maximum Gasteiger partial charge on any atom is 0.338 e. The second kappa shape index (κ2) is 22.6. The van der Waals surface area contributed by atoms with Gasteiger partial charge in [-0.2, -0.15) is 0 Å². The van der Waals surface area contributed by atoms with Crippen molar-refractivity contribution in [2.24, 2.45) is 0 Å². The number of rotatable bonds is 14. The molecule has 2 aromatic heterocycles. The van der Waals surface area contributed by atoms with E-state index >= 15 is 0 Å². The van der Waals surface area contributed by atoms with Gasteiger partial charge in [-0.05, 0) is 120 Å². The van der Waals surface area contributed by atoms with Crippen LogP contribution < -0.4 is 0 Å². The number of halogens is 2. The number of aromatic nitrogens is 2. The molecule has 0 aliphatic rings. The van der Waals surface area contributed by atoms with Crippen molar-refractivity contribution in [1.82, 2.24) is 9.97 Å². The van der Waals surface area contributed by atoms with E-state index in [0.717, 1.165) is 61.0 Å². The van der Waals surface area contributed by atoms with E-state index in [1.807, 2.05) is 158 Å². The molecule has 0 saturated heterocycles. The molecule has 2 heterocycles. The number of ether oxygens (including phenoxy) is 2. The smallest absolute Gasteiger partial charge is 0.338 e. The Kier molecular flexibility index (Phi) is 16.0. The Hall–Kier alpha value is -7.23. The predicted molar refractivity (Wildman–Crippen MR) is 266 cm³/mol. The fraction of sp³-hybridized carbons (Fsp3) is 0.125. The highest BCUT2D eigenvalue weighted by Gasteiger charge is 2.15. The van der Waals surface area contributed by atoms with Crippen LogP contribution in [0.2, 0.25) is 10.0 Å². The zero-order chi connectivity index (χ0) is 46.4. The number of benzene rings is 6. The summed E-state index contributed by atoms with van der Waals surface area (Å²) in [5.74, 6) is -0.741. The van der Waals surface area contributed by atoms with Crippen molar-refractivity contribution in [3.63, 3.8) is 0 Å². The first-order chi connectivity index (χ1) is 32.1. The molecule has 0 aliphatic carbocycles. The first-order valence-electron chi connectivity index (χ1n) is 21.3. The number of aryl methyl sites for hydroxylation is 2. The van der Waals surface area contributed by atoms with Crippen LogP contribution in [-0.4, -0.2) is 47.0 Å². The second-order valence-electron chi connectivity index (χ2n) is 15.4. The van der Waals surface area contributed by atoms with Gasteiger partial charge in [0, 0.05) is 32.8 Å². The van der Waals surface area contributed by atoms with E-state index in [-0.39, 0.29) is 11.8 Å². The van der Waals surface area contributed by atoms with Crippen LogP contribution >= 0.6 is 23.2 Å². The van der Waals surface area contributed by atoms with Crippen molar-refractivity contribution < 1.29 is 29.0 Å². The summed E-state index contributed by atoms with van der Waals surface area (Å²) >= 11 is 12.2. The molecular weight excluding hydrogens is 868 g/mol. The van der Waals surface area contributed by atoms with Gasteiger partial charge < -0.3 is 14.6 Å². The number of nitrogens with zero attached hydrogens (tertiary/aromatic N) is 2. The summed E-state index contributed by atoms with van der Waals surface area (Å²) in [6.07, 6.45) is 8.94. The topological polar surface area (TPSA) is 116 Å². The number of hydrogen-bond donors (Lipinski definition) is 1. The van der Waals surface area contributed by atoms with Gasteiger partial charge in [0.15, 0.2) is 5.78 Å². The van der Waals surface area contributed by atoms with Crippen molar-refractivity contribution >= 4 is 87.0 Å². The van der Waals surface area contributed by atoms with Gasteiger partial charge >= 0.3 is 11.9 Å². The third kappa shape index (κ3) is 12.5. The molecule has 0 amide bonds. The highest BCUT2D eigenvalue weighted by molar-refractivity contribution is 6.31. The Labute approximate surface area is 393 Å². The molecule has 0 bridgehead atoms. The fourth-order valence-electron chi connectivity index (χ4n) is 7.39. The molecule has 0 spiro atoms. The molecular formula is C56H46Cl2N2O6. The third-order valence-corrected chi connectivity index (χ3v) is 11.4. The molecule has 1 N–H and O–H groups in total. The summed E-state index contributed by atoms with van der Waals surface area (Å²) in [5.41, 5.74) is 9.34. The minimum absolute atomic E-state index is 0.0170. The first-order valence-corrected chi connectivity index (χ1v) is 22.0. The van der Waals surface area contributed by atoms with Crippen LogP contribution in [0.3, 0.4) is 0 Å². The monoisotopic (exact) mass is 912 g/mol. The highest BCUT2D eigenvalue weighted by atomic mass is 35.5. The number of methoxy groups -OCH3 is 2. The number of esters is 2. The predicted octanol–water partition coefficient (Wildman–Crippen LogP) is 13.2. The lowest BCUT2D eigenvalue weighted by atomic mass is 9.97. The minimum Gasteiger partial charge on any atom is -0.465 e. The Morgan fingerprint density at radius 1 is 0.561 bits per heavy atom. The molecule has 0 radical (unpaired) electrons. The molecule has 6 aromatic carbocycles. The number of aliphatic hydroxyl groups excluding tert-OH is 1. The number of pyridine rings is 2. The molecule has 0 saturated carbocycles. The number of carbonyl (C=O) groups is 3. The van der Waals surface area contributed by atoms with Crippen LogP contribution in [0.25, 0.3) is 46.1 Å². The van der Waals surface area contributed by atoms with E-state index in [1.54, 1.807) is 24.3 Å². The number of hydrogen-bond acceptors (Lipinski definition) is 8. The average Bonchev–Trinajstić information content (AvgIpc) is 3.35. The van der Waals surface area contributed by atoms with Crippen LogP contribution in [0.5, 0.6) is 0 Å². The van der Waals surface area contributed by atoms with Gasteiger partial charge in [-0.1, -0.05) is 132 Å². The third-order valence-electron chi connectivity index (χ3n) is 10.9. The van der Waals surface area contributed by atoms with Crippen molar-refractivity contribution in [3.05, 3.63) is 224 Å². The number of carbonyl (C=O) groups excluding carboxylic acids is 3. The van der Waals surface area contributed by atoms with Gasteiger partial charge in [0.1, 0.15) is 0 Å². The van der Waals surface area contributed by atoms with Crippen molar-refractivity contribution in [1.29, 1.82) is 0 Å². The molecule has 330 valence electrons. The summed E-state index contributed by atoms with van der Waals surface area (Å²) in [6.45, 7) is 0. The lowest BCUT2D eigenvalue weighted by Gasteiger charge is -2.13. The zero-order valence-electron chi connectivity index (χ0n) is 36.4. The first kappa shape index (κ1) is 46.8. The van der Waals surface area contributed by atoms with Crippen LogP contribution in [0, 0.1) is 0 Å². The van der Waals surface area contributed by atoms with Gasteiger partial charge in [-0.3, -0.25) is 4.79 Å². The Bertz CT molecular complexity index is 3090. The Morgan fingerprint density at radius 3 is 1.62 bits per heavy atom. The van der Waals surface area contributed by atoms with Gasteiger partial charge in [-0.15, -0.1) is 0 Å².